The molecule has 1 aliphatic heterocycles. The van der Waals surface area contributed by atoms with Gasteiger partial charge >= 0.3 is 0 Å². The number of rotatable bonds is 2. The summed E-state index contributed by atoms with van der Waals surface area (Å²) in [6, 6.07) is 10.8. The van der Waals surface area contributed by atoms with E-state index in [9.17, 15) is 4.79 Å². The first-order valence-electron chi connectivity index (χ1n) is 5.38. The quantitative estimate of drug-likeness (QED) is 0.844. The zero-order valence-corrected chi connectivity index (χ0v) is 9.54. The van der Waals surface area contributed by atoms with Crippen molar-refractivity contribution >= 4 is 22.8 Å². The van der Waals surface area contributed by atoms with E-state index in [4.69, 9.17) is 0 Å². The Labute approximate surface area is 98.3 Å². The van der Waals surface area contributed by atoms with Crippen LogP contribution in [-0.4, -0.2) is 22.9 Å². The number of nitrogens with one attached hydrogen (secondary N) is 1. The van der Waals surface area contributed by atoms with E-state index in [1.54, 1.807) is 0 Å². The minimum atomic E-state index is 0.0701. The van der Waals surface area contributed by atoms with Gasteiger partial charge in [-0.1, -0.05) is 42.1 Å². The monoisotopic (exact) mass is 232 g/mol. The van der Waals surface area contributed by atoms with Gasteiger partial charge < -0.3 is 5.32 Å². The summed E-state index contributed by atoms with van der Waals surface area (Å²) in [5.74, 6) is 1.13. The molecule has 1 N–H and O–H groups in total. The van der Waals surface area contributed by atoms with Gasteiger partial charge in [0, 0.05) is 5.92 Å². The lowest BCUT2D eigenvalue weighted by atomic mass is 10.1. The Kier molecular flexibility index (Phi) is 2.44. The van der Waals surface area contributed by atoms with Gasteiger partial charge in [0.05, 0.1) is 11.8 Å². The van der Waals surface area contributed by atoms with Crippen molar-refractivity contribution in [3.63, 3.8) is 0 Å². The maximum Gasteiger partial charge on any atom is 0.236 e. The van der Waals surface area contributed by atoms with E-state index >= 15 is 0 Å². The molecule has 2 aliphatic rings. The number of amides is 1. The summed E-state index contributed by atoms with van der Waals surface area (Å²) in [5, 5.41) is 3.57. The van der Waals surface area contributed by atoms with Gasteiger partial charge in [0.2, 0.25) is 5.91 Å². The molecule has 2 atom stereocenters. The van der Waals surface area contributed by atoms with E-state index in [0.717, 1.165) is 11.6 Å². The Morgan fingerprint density at radius 3 is 2.81 bits per heavy atom. The Balaban J connectivity index is 1.67. The van der Waals surface area contributed by atoms with Crippen LogP contribution >= 0.6 is 11.8 Å². The summed E-state index contributed by atoms with van der Waals surface area (Å²) in [5.41, 5.74) is 1.35. The molecule has 3 rings (SSSR count). The number of amidine groups is 1. The largest absolute Gasteiger partial charge is 0.305 e. The zero-order chi connectivity index (χ0) is 11.0. The maximum atomic E-state index is 11.0. The standard InChI is InChI=1S/C12H12N2OS/c15-11-7-16-12(14-11)13-10-6-9(10)8-4-2-1-3-5-8/h1-5,9-10H,6-7H2,(H,13,14,15)/t9-,10?/m0/s1. The molecule has 1 aromatic rings. The molecular formula is C12H12N2OS. The molecule has 3 nitrogen and oxygen atoms in total. The molecule has 1 heterocycles. The van der Waals surface area contributed by atoms with Crippen molar-refractivity contribution in [2.75, 3.05) is 5.75 Å². The number of nitrogens with zero attached hydrogens (tertiary/aromatic N) is 1. The van der Waals surface area contributed by atoms with Gasteiger partial charge in [0.15, 0.2) is 5.17 Å². The van der Waals surface area contributed by atoms with Crippen molar-refractivity contribution in [1.82, 2.24) is 5.32 Å². The fraction of sp³-hybridized carbons (Fsp3) is 0.333. The third-order valence-electron chi connectivity index (χ3n) is 2.85. The van der Waals surface area contributed by atoms with Crippen molar-refractivity contribution in [3.05, 3.63) is 35.9 Å². The molecule has 1 aromatic carbocycles. The molecular weight excluding hydrogens is 220 g/mol. The first-order valence-corrected chi connectivity index (χ1v) is 6.37. The number of hydrogen-bond donors (Lipinski definition) is 1. The van der Waals surface area contributed by atoms with E-state index in [1.807, 2.05) is 6.07 Å². The van der Waals surface area contributed by atoms with Crippen molar-refractivity contribution in [2.45, 2.75) is 18.4 Å². The van der Waals surface area contributed by atoms with Crippen molar-refractivity contribution in [3.8, 4) is 0 Å². The minimum absolute atomic E-state index is 0.0701. The third kappa shape index (κ3) is 1.97. The van der Waals surface area contributed by atoms with E-state index in [2.05, 4.69) is 34.6 Å². The average Bonchev–Trinajstić information content (AvgIpc) is 2.95. The highest BCUT2D eigenvalue weighted by Crippen LogP contribution is 2.43. The van der Waals surface area contributed by atoms with Crippen molar-refractivity contribution in [1.29, 1.82) is 0 Å². The second-order valence-corrected chi connectivity index (χ2v) is 5.06. The predicted molar refractivity (Wildman–Crippen MR) is 65.6 cm³/mol. The molecule has 16 heavy (non-hydrogen) atoms. The smallest absolute Gasteiger partial charge is 0.236 e. The lowest BCUT2D eigenvalue weighted by Crippen LogP contribution is -2.20. The molecule has 1 unspecified atom stereocenters. The topological polar surface area (TPSA) is 41.5 Å². The van der Waals surface area contributed by atoms with Gasteiger partial charge in [0.25, 0.3) is 0 Å². The number of carbonyl (C=O) groups is 1. The van der Waals surface area contributed by atoms with Crippen molar-refractivity contribution in [2.24, 2.45) is 4.99 Å². The molecule has 82 valence electrons. The van der Waals surface area contributed by atoms with Crippen LogP contribution in [0.3, 0.4) is 0 Å². The molecule has 0 bridgehead atoms. The van der Waals surface area contributed by atoms with Crippen LogP contribution in [0.15, 0.2) is 35.3 Å². The molecule has 0 aromatic heterocycles. The SMILES string of the molecule is O=C1CSC(=NC2C[C@H]2c2ccccc2)N1. The fourth-order valence-corrected chi connectivity index (χ4v) is 2.66. The molecule has 1 amide bonds. The average molecular weight is 232 g/mol. The third-order valence-corrected chi connectivity index (χ3v) is 3.74. The van der Waals surface area contributed by atoms with Crippen LogP contribution in [0.1, 0.15) is 17.9 Å². The van der Waals surface area contributed by atoms with Crippen LogP contribution in [0, 0.1) is 0 Å². The molecule has 4 heteroatoms. The molecule has 1 saturated carbocycles. The molecule has 1 aliphatic carbocycles. The van der Waals surface area contributed by atoms with Crippen LogP contribution < -0.4 is 5.32 Å². The summed E-state index contributed by atoms with van der Waals surface area (Å²) in [7, 11) is 0. The van der Waals surface area contributed by atoms with Crippen LogP contribution in [0.25, 0.3) is 0 Å². The van der Waals surface area contributed by atoms with E-state index in [0.29, 0.717) is 17.7 Å². The van der Waals surface area contributed by atoms with E-state index < -0.39 is 0 Å². The second-order valence-electron chi connectivity index (χ2n) is 4.09. The summed E-state index contributed by atoms with van der Waals surface area (Å²) in [6.07, 6.45) is 1.10. The Bertz CT molecular complexity index is 444. The van der Waals surface area contributed by atoms with Gasteiger partial charge in [-0.3, -0.25) is 9.79 Å². The van der Waals surface area contributed by atoms with Gasteiger partial charge in [-0.25, -0.2) is 0 Å². The molecule has 0 radical (unpaired) electrons. The fourth-order valence-electron chi connectivity index (χ4n) is 1.93. The summed E-state index contributed by atoms with van der Waals surface area (Å²) < 4.78 is 0. The van der Waals surface area contributed by atoms with Gasteiger partial charge in [-0.15, -0.1) is 0 Å². The van der Waals surface area contributed by atoms with Crippen LogP contribution in [0.5, 0.6) is 0 Å². The molecule has 1 saturated heterocycles. The summed E-state index contributed by atoms with van der Waals surface area (Å²) >= 11 is 1.51. The number of benzene rings is 1. The maximum absolute atomic E-state index is 11.0. The lowest BCUT2D eigenvalue weighted by molar-refractivity contribution is -0.116. The highest BCUT2D eigenvalue weighted by Gasteiger charge is 2.39. The highest BCUT2D eigenvalue weighted by atomic mass is 32.2. The Morgan fingerprint density at radius 2 is 2.12 bits per heavy atom. The van der Waals surface area contributed by atoms with Crippen LogP contribution in [0.2, 0.25) is 0 Å². The van der Waals surface area contributed by atoms with Gasteiger partial charge in [-0.2, -0.15) is 0 Å². The zero-order valence-electron chi connectivity index (χ0n) is 8.72. The van der Waals surface area contributed by atoms with Crippen LogP contribution in [0.4, 0.5) is 0 Å². The first kappa shape index (κ1) is 9.90. The van der Waals surface area contributed by atoms with Gasteiger partial charge in [0.1, 0.15) is 0 Å². The van der Waals surface area contributed by atoms with E-state index in [1.165, 1.54) is 17.3 Å². The molecule has 2 fully saturated rings. The summed E-state index contributed by atoms with van der Waals surface area (Å²) in [4.78, 5) is 15.5. The minimum Gasteiger partial charge on any atom is -0.305 e. The Hall–Kier alpha value is -1.29. The number of carbonyl (C=O) groups excluding carboxylic acids is 1. The number of aliphatic imine (C=N–C) groups is 1. The lowest BCUT2D eigenvalue weighted by Gasteiger charge is -1.97. The van der Waals surface area contributed by atoms with E-state index in [-0.39, 0.29) is 5.91 Å². The normalized spacial score (nSPS) is 30.5. The summed E-state index contributed by atoms with van der Waals surface area (Å²) in [6.45, 7) is 0. The number of hydrogen-bond acceptors (Lipinski definition) is 3. The predicted octanol–water partition coefficient (Wildman–Crippen LogP) is 1.76. The second kappa shape index (κ2) is 3.94. The van der Waals surface area contributed by atoms with Crippen molar-refractivity contribution < 1.29 is 4.79 Å². The molecule has 0 spiro atoms. The van der Waals surface area contributed by atoms with Crippen LogP contribution in [-0.2, 0) is 4.79 Å². The van der Waals surface area contributed by atoms with Gasteiger partial charge in [-0.05, 0) is 12.0 Å². The Morgan fingerprint density at radius 1 is 1.31 bits per heavy atom. The first-order chi connectivity index (χ1) is 7.83. The number of thioether (sulfide) groups is 1. The highest BCUT2D eigenvalue weighted by molar-refractivity contribution is 8.15.